The van der Waals surface area contributed by atoms with Gasteiger partial charge in [0.25, 0.3) is 0 Å². The Hall–Kier alpha value is -2.15. The zero-order valence-electron chi connectivity index (χ0n) is 25.1. The molecule has 4 fully saturated rings. The largest absolute Gasteiger partial charge is 0.467 e. The van der Waals surface area contributed by atoms with Crippen LogP contribution >= 0.6 is 0 Å². The molecule has 1 aliphatic heterocycles. The van der Waals surface area contributed by atoms with Crippen molar-refractivity contribution in [2.75, 3.05) is 38.2 Å². The maximum absolute atomic E-state index is 13.2. The number of ether oxygens (including phenoxy) is 1. The van der Waals surface area contributed by atoms with Crippen LogP contribution in [0.3, 0.4) is 0 Å². The Balaban J connectivity index is 1.03. The summed E-state index contributed by atoms with van der Waals surface area (Å²) in [6.45, 7) is 10.6. The first kappa shape index (κ1) is 28.0. The molecule has 6 rings (SSSR count). The smallest absolute Gasteiger partial charge is 0.318 e. The highest BCUT2D eigenvalue weighted by molar-refractivity contribution is 5.76. The summed E-state index contributed by atoms with van der Waals surface area (Å²) in [5.41, 5.74) is 2.28. The van der Waals surface area contributed by atoms with Crippen molar-refractivity contribution in [3.8, 4) is 6.01 Å². The molecule has 1 amide bonds. The lowest BCUT2D eigenvalue weighted by atomic mass is 9.47. The minimum atomic E-state index is -0.129. The molecule has 0 radical (unpaired) electrons. The Kier molecular flexibility index (Phi) is 7.64. The third kappa shape index (κ3) is 4.84. The van der Waals surface area contributed by atoms with Crippen molar-refractivity contribution in [1.29, 1.82) is 0 Å². The summed E-state index contributed by atoms with van der Waals surface area (Å²) < 4.78 is 5.17. The topological polar surface area (TPSA) is 78.8 Å². The predicted molar refractivity (Wildman–Crippen MR) is 157 cm³/mol. The molecule has 40 heavy (non-hydrogen) atoms. The standard InChI is InChI=1S/C33H50N4O3/c1-22(5-10-30(39)37-19-17-36(18-20-37)29-13-16-34-31(35-29)40-4)26-8-9-27-25-7-6-23-21-24(38)11-14-32(23,2)28(25)12-15-33(26,27)3/h6,13,16,22,24-28,38H,5,7-12,14-15,17-21H2,1-4H3/t22-,24+,25+,26-,27+,28+,32+,33-/m1/s1. The number of rotatable bonds is 6. The highest BCUT2D eigenvalue weighted by Gasteiger charge is 2.59. The summed E-state index contributed by atoms with van der Waals surface area (Å²) >= 11 is 0. The molecule has 1 aromatic heterocycles. The van der Waals surface area contributed by atoms with E-state index in [4.69, 9.17) is 4.74 Å². The number of aliphatic hydroxyl groups excluding tert-OH is 1. The Bertz CT molecular complexity index is 1120. The minimum Gasteiger partial charge on any atom is -0.467 e. The van der Waals surface area contributed by atoms with Crippen molar-refractivity contribution in [2.45, 2.75) is 91.1 Å². The van der Waals surface area contributed by atoms with Gasteiger partial charge in [-0.15, -0.1) is 0 Å². The fourth-order valence-electron chi connectivity index (χ4n) is 10.1. The minimum absolute atomic E-state index is 0.129. The molecule has 0 bridgehead atoms. The molecule has 1 saturated heterocycles. The summed E-state index contributed by atoms with van der Waals surface area (Å²) in [6, 6.07) is 2.29. The fraction of sp³-hybridized carbons (Fsp3) is 0.788. The van der Waals surface area contributed by atoms with Crippen LogP contribution in [0.2, 0.25) is 0 Å². The zero-order chi connectivity index (χ0) is 28.1. The third-order valence-electron chi connectivity index (χ3n) is 12.4. The van der Waals surface area contributed by atoms with Gasteiger partial charge in [-0.25, -0.2) is 4.98 Å². The number of aliphatic hydroxyl groups is 1. The van der Waals surface area contributed by atoms with Gasteiger partial charge >= 0.3 is 6.01 Å². The van der Waals surface area contributed by atoms with Crippen LogP contribution in [-0.2, 0) is 4.79 Å². The Morgan fingerprint density at radius 3 is 2.70 bits per heavy atom. The average Bonchev–Trinajstić information content (AvgIpc) is 3.33. The van der Waals surface area contributed by atoms with Crippen molar-refractivity contribution in [2.24, 2.45) is 40.4 Å². The van der Waals surface area contributed by atoms with Crippen LogP contribution in [0, 0.1) is 40.4 Å². The van der Waals surface area contributed by atoms with Crippen molar-refractivity contribution in [3.63, 3.8) is 0 Å². The van der Waals surface area contributed by atoms with E-state index in [-0.39, 0.29) is 6.10 Å². The number of piperazine rings is 1. The maximum atomic E-state index is 13.2. The summed E-state index contributed by atoms with van der Waals surface area (Å²) in [5.74, 6) is 4.88. The number of amides is 1. The number of carbonyl (C=O) groups is 1. The van der Waals surface area contributed by atoms with E-state index in [1.54, 1.807) is 18.9 Å². The van der Waals surface area contributed by atoms with Crippen LogP contribution in [0.4, 0.5) is 5.82 Å². The van der Waals surface area contributed by atoms with Crippen LogP contribution in [0.25, 0.3) is 0 Å². The number of fused-ring (bicyclic) bond motifs is 5. The number of carbonyl (C=O) groups excluding carboxylic acids is 1. The van der Waals surface area contributed by atoms with E-state index in [9.17, 15) is 9.90 Å². The van der Waals surface area contributed by atoms with E-state index >= 15 is 0 Å². The molecule has 5 aliphatic rings. The summed E-state index contributed by atoms with van der Waals surface area (Å²) in [6.07, 6.45) is 15.4. The van der Waals surface area contributed by atoms with Gasteiger partial charge in [-0.2, -0.15) is 4.98 Å². The molecule has 0 aromatic carbocycles. The van der Waals surface area contributed by atoms with Gasteiger partial charge < -0.3 is 19.6 Å². The first-order valence-corrected chi connectivity index (χ1v) is 16.0. The second-order valence-corrected chi connectivity index (χ2v) is 14.2. The van der Waals surface area contributed by atoms with Gasteiger partial charge in [0.1, 0.15) is 5.82 Å². The molecule has 1 aromatic rings. The number of hydrogen-bond donors (Lipinski definition) is 1. The van der Waals surface area contributed by atoms with Gasteiger partial charge in [-0.3, -0.25) is 4.79 Å². The molecule has 7 nitrogen and oxygen atoms in total. The van der Waals surface area contributed by atoms with Crippen LogP contribution in [0.5, 0.6) is 6.01 Å². The van der Waals surface area contributed by atoms with Gasteiger partial charge in [-0.1, -0.05) is 32.4 Å². The lowest BCUT2D eigenvalue weighted by Gasteiger charge is -2.58. The molecular weight excluding hydrogens is 500 g/mol. The first-order valence-electron chi connectivity index (χ1n) is 16.0. The Morgan fingerprint density at radius 1 is 1.12 bits per heavy atom. The molecule has 0 unspecified atom stereocenters. The Labute approximate surface area is 240 Å². The highest BCUT2D eigenvalue weighted by Crippen LogP contribution is 2.67. The van der Waals surface area contributed by atoms with E-state index in [0.717, 1.165) is 81.4 Å². The zero-order valence-corrected chi connectivity index (χ0v) is 25.1. The average molecular weight is 551 g/mol. The van der Waals surface area contributed by atoms with Gasteiger partial charge in [0, 0.05) is 38.8 Å². The number of anilines is 1. The normalized spacial score (nSPS) is 38.1. The van der Waals surface area contributed by atoms with Crippen molar-refractivity contribution in [1.82, 2.24) is 14.9 Å². The number of hydrogen-bond acceptors (Lipinski definition) is 6. The fourth-order valence-corrected chi connectivity index (χ4v) is 10.1. The second kappa shape index (κ2) is 10.9. The summed E-state index contributed by atoms with van der Waals surface area (Å²) in [5, 5.41) is 10.3. The van der Waals surface area contributed by atoms with Crippen molar-refractivity contribution >= 4 is 11.7 Å². The first-order chi connectivity index (χ1) is 19.2. The molecule has 220 valence electrons. The number of aromatic nitrogens is 2. The van der Waals surface area contributed by atoms with Crippen molar-refractivity contribution in [3.05, 3.63) is 23.9 Å². The summed E-state index contributed by atoms with van der Waals surface area (Å²) in [4.78, 5) is 26.1. The lowest BCUT2D eigenvalue weighted by molar-refractivity contribution is -0.132. The molecule has 0 spiro atoms. The van der Waals surface area contributed by atoms with Crippen LogP contribution in [-0.4, -0.2) is 65.3 Å². The van der Waals surface area contributed by atoms with Gasteiger partial charge in [0.15, 0.2) is 0 Å². The van der Waals surface area contributed by atoms with Crippen LogP contribution in [0.1, 0.15) is 85.0 Å². The van der Waals surface area contributed by atoms with Gasteiger partial charge in [0.2, 0.25) is 5.91 Å². The van der Waals surface area contributed by atoms with E-state index in [1.165, 1.54) is 32.1 Å². The quantitative estimate of drug-likeness (QED) is 0.472. The summed E-state index contributed by atoms with van der Waals surface area (Å²) in [7, 11) is 1.58. The molecule has 2 heterocycles. The molecule has 1 N–H and O–H groups in total. The maximum Gasteiger partial charge on any atom is 0.318 e. The van der Waals surface area contributed by atoms with E-state index in [1.807, 2.05) is 6.07 Å². The lowest BCUT2D eigenvalue weighted by Crippen LogP contribution is -2.51. The number of nitrogens with zero attached hydrogens (tertiary/aromatic N) is 4. The third-order valence-corrected chi connectivity index (χ3v) is 12.4. The molecule has 3 saturated carbocycles. The molecule has 4 aliphatic carbocycles. The second-order valence-electron chi connectivity index (χ2n) is 14.2. The Morgan fingerprint density at radius 2 is 1.93 bits per heavy atom. The van der Waals surface area contributed by atoms with E-state index in [2.05, 4.69) is 46.6 Å². The highest BCUT2D eigenvalue weighted by atomic mass is 16.5. The predicted octanol–water partition coefficient (Wildman–Crippen LogP) is 5.49. The number of methoxy groups -OCH3 is 1. The monoisotopic (exact) mass is 550 g/mol. The van der Waals surface area contributed by atoms with Crippen LogP contribution < -0.4 is 9.64 Å². The van der Waals surface area contributed by atoms with Gasteiger partial charge in [0.05, 0.1) is 13.2 Å². The van der Waals surface area contributed by atoms with E-state index < -0.39 is 0 Å². The molecule has 8 atom stereocenters. The van der Waals surface area contributed by atoms with E-state index in [0.29, 0.717) is 35.1 Å². The van der Waals surface area contributed by atoms with Crippen LogP contribution in [0.15, 0.2) is 23.9 Å². The SMILES string of the molecule is COc1nccc(N2CCN(C(=O)CC[C@@H](C)[C@H]3CC[C@H]4[C@@H]5CC=C6C[C@@H](O)CC[C@]6(C)[C@H]5CC[C@]34C)CC2)n1. The molecule has 7 heteroatoms. The number of allylic oxidation sites excluding steroid dienone is 1. The molecular formula is C33H50N4O3. The van der Waals surface area contributed by atoms with Crippen molar-refractivity contribution < 1.29 is 14.6 Å². The van der Waals surface area contributed by atoms with Gasteiger partial charge in [-0.05, 0) is 104 Å².